The Morgan fingerprint density at radius 1 is 1.29 bits per heavy atom. The van der Waals surface area contributed by atoms with Crippen molar-refractivity contribution in [1.29, 1.82) is 0 Å². The summed E-state index contributed by atoms with van der Waals surface area (Å²) in [6, 6.07) is 5.40. The van der Waals surface area contributed by atoms with Crippen molar-refractivity contribution in [3.63, 3.8) is 0 Å². The summed E-state index contributed by atoms with van der Waals surface area (Å²) in [5.41, 5.74) is 1.66. The summed E-state index contributed by atoms with van der Waals surface area (Å²) in [5, 5.41) is 10.1. The minimum atomic E-state index is -0.700. The van der Waals surface area contributed by atoms with Crippen molar-refractivity contribution in [1.82, 2.24) is 4.90 Å². The average molecular weight is 427 g/mol. The van der Waals surface area contributed by atoms with E-state index in [1.807, 2.05) is 19.1 Å². The average Bonchev–Trinajstić information content (AvgIpc) is 2.64. The van der Waals surface area contributed by atoms with Gasteiger partial charge in [0.1, 0.15) is 0 Å². The SMILES string of the molecule is CC/C(=N\C(=C/CCN1CCC(CC(=O)O)CC1)c1cc(Cl)cc(Cl)c1)OC. The van der Waals surface area contributed by atoms with Crippen LogP contribution in [0.4, 0.5) is 0 Å². The second-order valence-corrected chi connectivity index (χ2v) is 7.86. The maximum atomic E-state index is 10.9. The Labute approximate surface area is 177 Å². The Morgan fingerprint density at radius 2 is 1.93 bits per heavy atom. The van der Waals surface area contributed by atoms with Crippen LogP contribution in [0.2, 0.25) is 10.0 Å². The highest BCUT2D eigenvalue weighted by Crippen LogP contribution is 2.26. The first-order chi connectivity index (χ1) is 13.4. The number of benzene rings is 1. The zero-order valence-electron chi connectivity index (χ0n) is 16.5. The monoisotopic (exact) mass is 426 g/mol. The number of rotatable bonds is 8. The molecule has 1 aliphatic heterocycles. The van der Waals surface area contributed by atoms with Gasteiger partial charge in [-0.2, -0.15) is 0 Å². The van der Waals surface area contributed by atoms with E-state index >= 15 is 0 Å². The molecule has 28 heavy (non-hydrogen) atoms. The van der Waals surface area contributed by atoms with E-state index < -0.39 is 5.97 Å². The van der Waals surface area contributed by atoms with Crippen molar-refractivity contribution in [3.05, 3.63) is 39.9 Å². The summed E-state index contributed by atoms with van der Waals surface area (Å²) in [6.45, 7) is 4.77. The van der Waals surface area contributed by atoms with Gasteiger partial charge in [0.25, 0.3) is 0 Å². The Bertz CT molecular complexity index is 700. The molecule has 7 heteroatoms. The topological polar surface area (TPSA) is 62.1 Å². The highest BCUT2D eigenvalue weighted by Gasteiger charge is 2.20. The molecule has 1 aromatic rings. The lowest BCUT2D eigenvalue weighted by atomic mass is 9.93. The van der Waals surface area contributed by atoms with Crippen LogP contribution in [0.25, 0.3) is 5.70 Å². The van der Waals surface area contributed by atoms with Crippen LogP contribution in [0.15, 0.2) is 29.3 Å². The van der Waals surface area contributed by atoms with Crippen molar-refractivity contribution < 1.29 is 14.6 Å². The molecule has 2 rings (SSSR count). The number of carboxylic acid groups (broad SMARTS) is 1. The lowest BCUT2D eigenvalue weighted by Gasteiger charge is -2.31. The number of nitrogens with zero attached hydrogens (tertiary/aromatic N) is 2. The smallest absolute Gasteiger partial charge is 0.303 e. The van der Waals surface area contributed by atoms with E-state index in [1.54, 1.807) is 13.2 Å². The third kappa shape index (κ3) is 7.46. The second kappa shape index (κ2) is 11.4. The van der Waals surface area contributed by atoms with E-state index in [9.17, 15) is 4.79 Å². The van der Waals surface area contributed by atoms with Gasteiger partial charge in [0.15, 0.2) is 5.90 Å². The third-order valence-electron chi connectivity index (χ3n) is 4.90. The first kappa shape index (κ1) is 22.7. The molecule has 1 saturated heterocycles. The fourth-order valence-corrected chi connectivity index (χ4v) is 3.90. The number of hydrogen-bond donors (Lipinski definition) is 1. The zero-order chi connectivity index (χ0) is 20.5. The molecule has 0 atom stereocenters. The number of methoxy groups -OCH3 is 1. The number of halogens is 2. The highest BCUT2D eigenvalue weighted by atomic mass is 35.5. The van der Waals surface area contributed by atoms with Gasteiger partial charge in [-0.3, -0.25) is 4.79 Å². The molecule has 1 aromatic carbocycles. The number of likely N-dealkylation sites (tertiary alicyclic amines) is 1. The van der Waals surface area contributed by atoms with E-state index in [4.69, 9.17) is 33.0 Å². The fraction of sp³-hybridized carbons (Fsp3) is 0.524. The van der Waals surface area contributed by atoms with Crippen molar-refractivity contribution >= 4 is 40.8 Å². The molecule has 5 nitrogen and oxygen atoms in total. The molecule has 154 valence electrons. The summed E-state index contributed by atoms with van der Waals surface area (Å²) in [7, 11) is 1.62. The molecule has 1 heterocycles. The Morgan fingerprint density at radius 3 is 2.46 bits per heavy atom. The highest BCUT2D eigenvalue weighted by molar-refractivity contribution is 6.34. The summed E-state index contributed by atoms with van der Waals surface area (Å²) in [4.78, 5) is 17.9. The first-order valence-corrected chi connectivity index (χ1v) is 10.4. The number of carbonyl (C=O) groups is 1. The molecule has 0 radical (unpaired) electrons. The standard InChI is InChI=1S/C21H28Cl2N2O3/c1-3-20(28-2)24-19(16-12-17(22)14-18(23)13-16)5-4-8-25-9-6-15(7-10-25)11-21(26)27/h5,12-15H,3-4,6-11H2,1-2H3,(H,26,27)/b19-5-,24-20+. The van der Waals surface area contributed by atoms with Gasteiger partial charge in [-0.25, -0.2) is 4.99 Å². The van der Waals surface area contributed by atoms with Crippen molar-refractivity contribution in [2.45, 2.75) is 39.0 Å². The Balaban J connectivity index is 2.04. The Kier molecular flexibility index (Phi) is 9.29. The van der Waals surface area contributed by atoms with Crippen LogP contribution in [0.5, 0.6) is 0 Å². The van der Waals surface area contributed by atoms with Crippen LogP contribution in [-0.4, -0.2) is 48.6 Å². The van der Waals surface area contributed by atoms with E-state index in [2.05, 4.69) is 16.0 Å². The maximum Gasteiger partial charge on any atom is 0.303 e. The number of piperidine rings is 1. The lowest BCUT2D eigenvalue weighted by Crippen LogP contribution is -2.34. The number of aliphatic carboxylic acids is 1. The van der Waals surface area contributed by atoms with E-state index in [0.29, 0.717) is 28.3 Å². The summed E-state index contributed by atoms with van der Waals surface area (Å²) >= 11 is 12.3. The van der Waals surface area contributed by atoms with Gasteiger partial charge in [0.2, 0.25) is 0 Å². The zero-order valence-corrected chi connectivity index (χ0v) is 18.0. The van der Waals surface area contributed by atoms with Gasteiger partial charge in [0.05, 0.1) is 12.8 Å². The van der Waals surface area contributed by atoms with Crippen molar-refractivity contribution in [3.8, 4) is 0 Å². The summed E-state index contributed by atoms with van der Waals surface area (Å²) in [5.74, 6) is 0.248. The van der Waals surface area contributed by atoms with Gasteiger partial charge in [-0.15, -0.1) is 0 Å². The molecular formula is C21H28Cl2N2O3. The quantitative estimate of drug-likeness (QED) is 0.448. The van der Waals surface area contributed by atoms with E-state index in [1.165, 1.54) is 0 Å². The fourth-order valence-electron chi connectivity index (χ4n) is 3.38. The molecule has 0 amide bonds. The largest absolute Gasteiger partial charge is 0.484 e. The van der Waals surface area contributed by atoms with Gasteiger partial charge in [0, 0.05) is 35.0 Å². The van der Waals surface area contributed by atoms with Gasteiger partial charge in [-0.05, 0) is 56.5 Å². The van der Waals surface area contributed by atoms with E-state index in [-0.39, 0.29) is 6.42 Å². The van der Waals surface area contributed by atoms with Gasteiger partial charge < -0.3 is 14.7 Å². The van der Waals surface area contributed by atoms with E-state index in [0.717, 1.165) is 50.2 Å². The molecule has 0 spiro atoms. The van der Waals surface area contributed by atoms with Crippen molar-refractivity contribution in [2.75, 3.05) is 26.7 Å². The number of ether oxygens (including phenoxy) is 1. The third-order valence-corrected chi connectivity index (χ3v) is 5.33. The van der Waals surface area contributed by atoms with Crippen LogP contribution in [0.3, 0.4) is 0 Å². The molecule has 0 unspecified atom stereocenters. The summed E-state index contributed by atoms with van der Waals surface area (Å²) in [6.07, 6.45) is 5.76. The van der Waals surface area contributed by atoms with Crippen LogP contribution in [-0.2, 0) is 9.53 Å². The first-order valence-electron chi connectivity index (χ1n) is 9.63. The predicted octanol–water partition coefficient (Wildman–Crippen LogP) is 5.37. The Hall–Kier alpha value is -1.56. The van der Waals surface area contributed by atoms with Gasteiger partial charge in [-0.1, -0.05) is 36.2 Å². The van der Waals surface area contributed by atoms with Crippen LogP contribution in [0, 0.1) is 5.92 Å². The van der Waals surface area contributed by atoms with Crippen molar-refractivity contribution in [2.24, 2.45) is 10.9 Å². The minimum Gasteiger partial charge on any atom is -0.484 e. The van der Waals surface area contributed by atoms with Crippen LogP contribution < -0.4 is 0 Å². The molecule has 1 fully saturated rings. The molecular weight excluding hydrogens is 399 g/mol. The minimum absolute atomic E-state index is 0.277. The lowest BCUT2D eigenvalue weighted by molar-refractivity contribution is -0.138. The molecule has 1 N–H and O–H groups in total. The summed E-state index contributed by atoms with van der Waals surface area (Å²) < 4.78 is 5.34. The number of carboxylic acids is 1. The molecule has 1 aliphatic rings. The van der Waals surface area contributed by atoms with Gasteiger partial charge >= 0.3 is 5.97 Å². The molecule has 0 aromatic heterocycles. The molecule has 0 aliphatic carbocycles. The number of aliphatic imine (C=N–C) groups is 1. The van der Waals surface area contributed by atoms with Crippen LogP contribution >= 0.6 is 23.2 Å². The van der Waals surface area contributed by atoms with Crippen LogP contribution in [0.1, 0.15) is 44.6 Å². The second-order valence-electron chi connectivity index (χ2n) is 6.98. The number of hydrogen-bond acceptors (Lipinski definition) is 4. The predicted molar refractivity (Wildman–Crippen MR) is 115 cm³/mol. The molecule has 0 saturated carbocycles. The maximum absolute atomic E-state index is 10.9. The molecule has 0 bridgehead atoms. The normalized spacial score (nSPS) is 17.0.